The molecule has 3 N–H and O–H groups in total. The first-order chi connectivity index (χ1) is 8.91. The number of carbonyl (C=O) groups is 1. The third kappa shape index (κ3) is 6.92. The van der Waals surface area contributed by atoms with Crippen LogP contribution < -0.4 is 16.0 Å². The lowest BCUT2D eigenvalue weighted by molar-refractivity contribution is -0.121. The van der Waals surface area contributed by atoms with Gasteiger partial charge in [0.25, 0.3) is 0 Å². The van der Waals surface area contributed by atoms with Gasteiger partial charge in [0.05, 0.1) is 6.54 Å². The molecule has 1 heterocycles. The fourth-order valence-electron chi connectivity index (χ4n) is 2.49. The molecule has 19 heavy (non-hydrogen) atoms. The van der Waals surface area contributed by atoms with Gasteiger partial charge in [-0.25, -0.2) is 0 Å². The third-order valence-electron chi connectivity index (χ3n) is 3.87. The van der Waals surface area contributed by atoms with Crippen molar-refractivity contribution in [2.75, 3.05) is 19.6 Å². The Balaban J connectivity index is 2.12. The van der Waals surface area contributed by atoms with E-state index in [4.69, 9.17) is 0 Å². The molecule has 0 spiro atoms. The summed E-state index contributed by atoms with van der Waals surface area (Å²) in [6.45, 7) is 11.2. The number of nitrogens with one attached hydrogen (secondary N) is 3. The zero-order valence-electron chi connectivity index (χ0n) is 13.0. The average Bonchev–Trinajstić information content (AvgIpc) is 2.74. The van der Waals surface area contributed by atoms with Crippen molar-refractivity contribution in [2.45, 2.75) is 65.0 Å². The van der Waals surface area contributed by atoms with E-state index < -0.39 is 0 Å². The minimum atomic E-state index is 0.0816. The molecular weight excluding hydrogens is 238 g/mol. The molecule has 2 atom stereocenters. The first-order valence-corrected chi connectivity index (χ1v) is 7.66. The van der Waals surface area contributed by atoms with Crippen LogP contribution in [0.4, 0.5) is 0 Å². The zero-order chi connectivity index (χ0) is 14.3. The number of rotatable bonds is 8. The van der Waals surface area contributed by atoms with Crippen molar-refractivity contribution >= 4 is 5.91 Å². The van der Waals surface area contributed by atoms with E-state index in [9.17, 15) is 4.79 Å². The molecule has 2 unspecified atom stereocenters. The van der Waals surface area contributed by atoms with Gasteiger partial charge in [-0.2, -0.15) is 0 Å². The van der Waals surface area contributed by atoms with Crippen LogP contribution in [-0.2, 0) is 4.79 Å². The molecule has 0 bridgehead atoms. The van der Waals surface area contributed by atoms with E-state index in [-0.39, 0.29) is 17.5 Å². The fraction of sp³-hybridized carbons (Fsp3) is 0.933. The summed E-state index contributed by atoms with van der Waals surface area (Å²) in [5.74, 6) is 0.865. The van der Waals surface area contributed by atoms with E-state index in [1.54, 1.807) is 0 Å². The summed E-state index contributed by atoms with van der Waals surface area (Å²) in [6.07, 6.45) is 4.59. The van der Waals surface area contributed by atoms with Gasteiger partial charge in [0, 0.05) is 18.1 Å². The lowest BCUT2D eigenvalue weighted by Gasteiger charge is -2.24. The molecule has 1 rings (SSSR count). The van der Waals surface area contributed by atoms with Crippen molar-refractivity contribution in [3.63, 3.8) is 0 Å². The van der Waals surface area contributed by atoms with Gasteiger partial charge in [-0.15, -0.1) is 0 Å². The van der Waals surface area contributed by atoms with Crippen molar-refractivity contribution in [2.24, 2.45) is 5.92 Å². The minimum Gasteiger partial charge on any atom is -0.353 e. The smallest absolute Gasteiger partial charge is 0.234 e. The predicted molar refractivity (Wildman–Crippen MR) is 80.2 cm³/mol. The van der Waals surface area contributed by atoms with E-state index in [1.165, 1.54) is 12.8 Å². The van der Waals surface area contributed by atoms with E-state index in [0.29, 0.717) is 6.54 Å². The Labute approximate surface area is 118 Å². The summed E-state index contributed by atoms with van der Waals surface area (Å²) in [6, 6.07) is 0.280. The molecule has 4 heteroatoms. The van der Waals surface area contributed by atoms with Gasteiger partial charge in [0.2, 0.25) is 5.91 Å². The maximum Gasteiger partial charge on any atom is 0.234 e. The van der Waals surface area contributed by atoms with Crippen LogP contribution in [-0.4, -0.2) is 37.1 Å². The molecule has 0 aromatic heterocycles. The molecule has 112 valence electrons. The molecule has 1 saturated heterocycles. The molecule has 1 fully saturated rings. The van der Waals surface area contributed by atoms with Crippen molar-refractivity contribution in [1.29, 1.82) is 0 Å². The SMILES string of the molecule is CC(C)CCCC(C)NC(=O)CNC1(C)CCNC1. The highest BCUT2D eigenvalue weighted by Crippen LogP contribution is 2.12. The Bertz CT molecular complexity index is 273. The third-order valence-corrected chi connectivity index (χ3v) is 3.87. The Kier molecular flexibility index (Phi) is 6.80. The first-order valence-electron chi connectivity index (χ1n) is 7.66. The van der Waals surface area contributed by atoms with Crippen LogP contribution >= 0.6 is 0 Å². The Hall–Kier alpha value is -0.610. The van der Waals surface area contributed by atoms with Crippen LogP contribution in [0.5, 0.6) is 0 Å². The highest BCUT2D eigenvalue weighted by molar-refractivity contribution is 5.78. The molecule has 1 amide bonds. The van der Waals surface area contributed by atoms with Gasteiger partial charge in [-0.1, -0.05) is 26.7 Å². The second-order valence-corrected chi connectivity index (χ2v) is 6.63. The van der Waals surface area contributed by atoms with E-state index >= 15 is 0 Å². The molecule has 1 aliphatic heterocycles. The maximum atomic E-state index is 11.9. The lowest BCUT2D eigenvalue weighted by Crippen LogP contribution is -2.49. The summed E-state index contributed by atoms with van der Waals surface area (Å²) in [7, 11) is 0. The normalized spacial score (nSPS) is 24.7. The highest BCUT2D eigenvalue weighted by Gasteiger charge is 2.28. The van der Waals surface area contributed by atoms with Gasteiger partial charge in [0.15, 0.2) is 0 Å². The molecule has 4 nitrogen and oxygen atoms in total. The number of carbonyl (C=O) groups excluding carboxylic acids is 1. The molecule has 0 aromatic rings. The van der Waals surface area contributed by atoms with Crippen molar-refractivity contribution < 1.29 is 4.79 Å². The van der Waals surface area contributed by atoms with E-state index in [0.717, 1.165) is 31.8 Å². The summed E-state index contributed by atoms with van der Waals surface area (Å²) < 4.78 is 0. The average molecular weight is 269 g/mol. The number of amides is 1. The minimum absolute atomic E-state index is 0.0816. The number of hydrogen-bond donors (Lipinski definition) is 3. The van der Waals surface area contributed by atoms with Crippen LogP contribution in [0, 0.1) is 5.92 Å². The molecule has 0 radical (unpaired) electrons. The van der Waals surface area contributed by atoms with Crippen molar-refractivity contribution in [3.8, 4) is 0 Å². The van der Waals surface area contributed by atoms with Crippen LogP contribution in [0.25, 0.3) is 0 Å². The second-order valence-electron chi connectivity index (χ2n) is 6.63. The van der Waals surface area contributed by atoms with Crippen molar-refractivity contribution in [3.05, 3.63) is 0 Å². The molecular formula is C15H31N3O. The van der Waals surface area contributed by atoms with Gasteiger partial charge < -0.3 is 16.0 Å². The van der Waals surface area contributed by atoms with Crippen LogP contribution in [0.1, 0.15) is 53.4 Å². The van der Waals surface area contributed by atoms with Gasteiger partial charge in [-0.3, -0.25) is 4.79 Å². The fourth-order valence-corrected chi connectivity index (χ4v) is 2.49. The first kappa shape index (κ1) is 16.4. The topological polar surface area (TPSA) is 53.2 Å². The molecule has 0 saturated carbocycles. The van der Waals surface area contributed by atoms with Gasteiger partial charge >= 0.3 is 0 Å². The van der Waals surface area contributed by atoms with E-state index in [1.807, 2.05) is 0 Å². The predicted octanol–water partition coefficient (Wildman–Crippen LogP) is 1.66. The van der Waals surface area contributed by atoms with Crippen molar-refractivity contribution in [1.82, 2.24) is 16.0 Å². The molecule has 1 aliphatic rings. The Morgan fingerprint density at radius 1 is 1.32 bits per heavy atom. The Morgan fingerprint density at radius 2 is 2.05 bits per heavy atom. The van der Waals surface area contributed by atoms with Gasteiger partial charge in [0.1, 0.15) is 0 Å². The van der Waals surface area contributed by atoms with Crippen LogP contribution in [0.3, 0.4) is 0 Å². The summed E-state index contributed by atoms with van der Waals surface area (Å²) >= 11 is 0. The zero-order valence-corrected chi connectivity index (χ0v) is 13.0. The standard InChI is InChI=1S/C15H31N3O/c1-12(2)6-5-7-13(3)18-14(19)10-17-15(4)8-9-16-11-15/h12-13,16-17H,5-11H2,1-4H3,(H,18,19). The maximum absolute atomic E-state index is 11.9. The summed E-state index contributed by atoms with van der Waals surface area (Å²) in [4.78, 5) is 11.9. The Morgan fingerprint density at radius 3 is 2.63 bits per heavy atom. The number of hydrogen-bond acceptors (Lipinski definition) is 3. The summed E-state index contributed by atoms with van der Waals surface area (Å²) in [5.41, 5.74) is 0.0816. The van der Waals surface area contributed by atoms with Gasteiger partial charge in [-0.05, 0) is 39.2 Å². The molecule has 0 aromatic carbocycles. The summed E-state index contributed by atoms with van der Waals surface area (Å²) in [5, 5.41) is 9.76. The highest BCUT2D eigenvalue weighted by atomic mass is 16.2. The lowest BCUT2D eigenvalue weighted by atomic mass is 10.0. The van der Waals surface area contributed by atoms with E-state index in [2.05, 4.69) is 43.6 Å². The quantitative estimate of drug-likeness (QED) is 0.628. The van der Waals surface area contributed by atoms with Crippen LogP contribution in [0.2, 0.25) is 0 Å². The largest absolute Gasteiger partial charge is 0.353 e. The molecule has 0 aliphatic carbocycles. The second kappa shape index (κ2) is 7.85. The van der Waals surface area contributed by atoms with Crippen LogP contribution in [0.15, 0.2) is 0 Å². The monoisotopic (exact) mass is 269 g/mol.